The zero-order valence-electron chi connectivity index (χ0n) is 9.05. The van der Waals surface area contributed by atoms with Crippen LogP contribution in [0.3, 0.4) is 0 Å². The Morgan fingerprint density at radius 3 is 3.00 bits per heavy atom. The van der Waals surface area contributed by atoms with Crippen LogP contribution in [0.1, 0.15) is 4.88 Å². The maximum Gasteiger partial charge on any atom is 0.224 e. The minimum absolute atomic E-state index is 0.209. The van der Waals surface area contributed by atoms with E-state index in [1.165, 1.54) is 11.8 Å². The van der Waals surface area contributed by atoms with Gasteiger partial charge in [0, 0.05) is 16.0 Å². The molecule has 0 amide bonds. The fourth-order valence-electron chi connectivity index (χ4n) is 1.33. The number of halogens is 1. The first-order chi connectivity index (χ1) is 8.10. The highest BCUT2D eigenvalue weighted by Gasteiger charge is 2.12. The number of hydrogen-bond donors (Lipinski definition) is 2. The van der Waals surface area contributed by atoms with E-state index in [9.17, 15) is 5.11 Å². The lowest BCUT2D eigenvalue weighted by Gasteiger charge is -2.06. The van der Waals surface area contributed by atoms with Gasteiger partial charge in [-0.1, -0.05) is 0 Å². The lowest BCUT2D eigenvalue weighted by Crippen LogP contribution is -2.14. The fourth-order valence-corrected chi connectivity index (χ4v) is 3.46. The summed E-state index contributed by atoms with van der Waals surface area (Å²) in [5.74, 6) is 0.383. The second-order valence-electron chi connectivity index (χ2n) is 3.52. The second-order valence-corrected chi connectivity index (χ2v) is 6.10. The van der Waals surface area contributed by atoms with Crippen LogP contribution in [0.2, 0.25) is 5.28 Å². The third kappa shape index (κ3) is 3.08. The molecule has 2 N–H and O–H groups in total. The minimum atomic E-state index is -0.747. The second kappa shape index (κ2) is 5.49. The summed E-state index contributed by atoms with van der Waals surface area (Å²) < 4.78 is 0. The van der Waals surface area contributed by atoms with Crippen molar-refractivity contribution in [3.8, 4) is 0 Å². The average molecular weight is 291 g/mol. The fraction of sp³-hybridized carbons (Fsp3) is 0.400. The molecule has 2 heterocycles. The van der Waals surface area contributed by atoms with E-state index in [1.54, 1.807) is 11.3 Å². The minimum Gasteiger partial charge on any atom is -0.394 e. The van der Waals surface area contributed by atoms with E-state index in [4.69, 9.17) is 16.7 Å². The summed E-state index contributed by atoms with van der Waals surface area (Å²) in [4.78, 5) is 10.3. The van der Waals surface area contributed by atoms with Crippen LogP contribution in [0, 0.1) is 6.92 Å². The number of fused-ring (bicyclic) bond motifs is 1. The Morgan fingerprint density at radius 1 is 1.53 bits per heavy atom. The number of thioether (sulfide) groups is 1. The Morgan fingerprint density at radius 2 is 2.29 bits per heavy atom. The third-order valence-corrected chi connectivity index (χ3v) is 4.33. The molecule has 0 saturated heterocycles. The van der Waals surface area contributed by atoms with Crippen molar-refractivity contribution in [3.05, 3.63) is 16.2 Å². The quantitative estimate of drug-likeness (QED) is 0.513. The highest BCUT2D eigenvalue weighted by molar-refractivity contribution is 7.99. The van der Waals surface area contributed by atoms with Gasteiger partial charge >= 0.3 is 0 Å². The molecule has 0 radical (unpaired) electrons. The molecule has 1 unspecified atom stereocenters. The van der Waals surface area contributed by atoms with Crippen molar-refractivity contribution < 1.29 is 10.2 Å². The van der Waals surface area contributed by atoms with Crippen LogP contribution < -0.4 is 0 Å². The SMILES string of the molecule is Cc1cc2c(SCC(O)CO)nc(Cl)nc2s1. The first-order valence-electron chi connectivity index (χ1n) is 4.95. The van der Waals surface area contributed by atoms with Crippen LogP contribution in [-0.4, -0.2) is 38.6 Å². The molecule has 0 aromatic carbocycles. The van der Waals surface area contributed by atoms with Crippen molar-refractivity contribution in [1.29, 1.82) is 0 Å². The molecule has 0 aliphatic heterocycles. The molecule has 17 heavy (non-hydrogen) atoms. The van der Waals surface area contributed by atoms with Gasteiger partial charge in [0.1, 0.15) is 9.86 Å². The van der Waals surface area contributed by atoms with E-state index in [-0.39, 0.29) is 11.9 Å². The van der Waals surface area contributed by atoms with Gasteiger partial charge in [0.2, 0.25) is 5.28 Å². The maximum absolute atomic E-state index is 9.32. The molecule has 1 atom stereocenters. The van der Waals surface area contributed by atoms with Crippen LogP contribution in [0.15, 0.2) is 11.1 Å². The topological polar surface area (TPSA) is 66.2 Å². The van der Waals surface area contributed by atoms with Gasteiger partial charge in [-0.2, -0.15) is 0 Å². The third-order valence-electron chi connectivity index (χ3n) is 2.08. The molecule has 7 heteroatoms. The standard InChI is InChI=1S/C10H11ClN2O2S2/c1-5-2-7-8(16-4-6(15)3-14)12-10(11)13-9(7)17-5/h2,6,14-15H,3-4H2,1H3. The molecule has 2 aromatic rings. The zero-order chi connectivity index (χ0) is 12.4. The summed E-state index contributed by atoms with van der Waals surface area (Å²) in [6, 6.07) is 2.00. The highest BCUT2D eigenvalue weighted by atomic mass is 35.5. The Hall–Kier alpha value is -0.400. The molecule has 0 spiro atoms. The predicted molar refractivity (Wildman–Crippen MR) is 71.0 cm³/mol. The number of thiophene rings is 1. The predicted octanol–water partition coefficient (Wildman–Crippen LogP) is 2.10. The monoisotopic (exact) mass is 290 g/mol. The summed E-state index contributed by atoms with van der Waals surface area (Å²) in [5, 5.41) is 20.0. The Bertz CT molecular complexity index is 532. The van der Waals surface area contributed by atoms with E-state index in [0.29, 0.717) is 5.75 Å². The van der Waals surface area contributed by atoms with E-state index < -0.39 is 6.10 Å². The van der Waals surface area contributed by atoms with Crippen LogP contribution in [0.5, 0.6) is 0 Å². The van der Waals surface area contributed by atoms with Crippen molar-refractivity contribution >= 4 is 44.9 Å². The summed E-state index contributed by atoms with van der Waals surface area (Å²) in [6.45, 7) is 1.74. The maximum atomic E-state index is 9.32. The van der Waals surface area contributed by atoms with E-state index in [1.807, 2.05) is 13.0 Å². The molecule has 0 fully saturated rings. The number of aryl methyl sites for hydroxylation is 1. The van der Waals surface area contributed by atoms with Gasteiger partial charge in [0.05, 0.1) is 12.7 Å². The lowest BCUT2D eigenvalue weighted by atomic mass is 10.4. The van der Waals surface area contributed by atoms with Crippen molar-refractivity contribution in [2.24, 2.45) is 0 Å². The van der Waals surface area contributed by atoms with Crippen LogP contribution in [0.25, 0.3) is 10.2 Å². The van der Waals surface area contributed by atoms with Gasteiger partial charge in [0.15, 0.2) is 0 Å². The molecule has 4 nitrogen and oxygen atoms in total. The van der Waals surface area contributed by atoms with Crippen LogP contribution in [0.4, 0.5) is 0 Å². The van der Waals surface area contributed by atoms with Crippen molar-refractivity contribution in [1.82, 2.24) is 9.97 Å². The zero-order valence-corrected chi connectivity index (χ0v) is 11.4. The number of rotatable bonds is 4. The van der Waals surface area contributed by atoms with Crippen LogP contribution >= 0.6 is 34.7 Å². The summed E-state index contributed by atoms with van der Waals surface area (Å²) >= 11 is 8.77. The first-order valence-corrected chi connectivity index (χ1v) is 7.13. The van der Waals surface area contributed by atoms with Gasteiger partial charge < -0.3 is 10.2 Å². The van der Waals surface area contributed by atoms with E-state index in [2.05, 4.69) is 9.97 Å². The summed E-state index contributed by atoms with van der Waals surface area (Å²) in [5.41, 5.74) is 0. The molecule has 2 rings (SSSR count). The number of aliphatic hydroxyl groups excluding tert-OH is 2. The molecular weight excluding hydrogens is 280 g/mol. The lowest BCUT2D eigenvalue weighted by molar-refractivity contribution is 0.113. The molecule has 0 bridgehead atoms. The molecule has 2 aromatic heterocycles. The Labute approximate surface area is 112 Å². The smallest absolute Gasteiger partial charge is 0.224 e. The summed E-state index contributed by atoms with van der Waals surface area (Å²) in [6.07, 6.45) is -0.747. The Balaban J connectivity index is 2.31. The van der Waals surface area contributed by atoms with Gasteiger partial charge in [0.25, 0.3) is 0 Å². The molecule has 0 saturated carbocycles. The number of hydrogen-bond acceptors (Lipinski definition) is 6. The molecule has 0 aliphatic carbocycles. The largest absolute Gasteiger partial charge is 0.394 e. The van der Waals surface area contributed by atoms with E-state index in [0.717, 1.165) is 20.1 Å². The van der Waals surface area contributed by atoms with Crippen molar-refractivity contribution in [2.75, 3.05) is 12.4 Å². The molecular formula is C10H11ClN2O2S2. The van der Waals surface area contributed by atoms with Gasteiger partial charge in [-0.05, 0) is 24.6 Å². The molecule has 92 valence electrons. The Kier molecular flexibility index (Phi) is 4.22. The number of aromatic nitrogens is 2. The number of aliphatic hydroxyl groups is 2. The molecule has 0 aliphatic rings. The highest BCUT2D eigenvalue weighted by Crippen LogP contribution is 2.32. The van der Waals surface area contributed by atoms with E-state index >= 15 is 0 Å². The normalized spacial score (nSPS) is 13.2. The summed E-state index contributed by atoms with van der Waals surface area (Å²) in [7, 11) is 0. The number of nitrogens with zero attached hydrogens (tertiary/aromatic N) is 2. The van der Waals surface area contributed by atoms with Crippen molar-refractivity contribution in [3.63, 3.8) is 0 Å². The first kappa shape index (κ1) is 13.0. The van der Waals surface area contributed by atoms with Crippen molar-refractivity contribution in [2.45, 2.75) is 18.1 Å². The van der Waals surface area contributed by atoms with Gasteiger partial charge in [-0.25, -0.2) is 9.97 Å². The van der Waals surface area contributed by atoms with Crippen LogP contribution in [-0.2, 0) is 0 Å². The van der Waals surface area contributed by atoms with Gasteiger partial charge in [-0.15, -0.1) is 23.1 Å². The average Bonchev–Trinajstić information content (AvgIpc) is 2.65. The van der Waals surface area contributed by atoms with Gasteiger partial charge in [-0.3, -0.25) is 0 Å².